The van der Waals surface area contributed by atoms with Gasteiger partial charge in [-0.3, -0.25) is 24.5 Å². The van der Waals surface area contributed by atoms with Crippen LogP contribution in [0, 0.1) is 10.1 Å². The van der Waals surface area contributed by atoms with Crippen molar-refractivity contribution in [2.75, 3.05) is 17.7 Å². The van der Waals surface area contributed by atoms with Gasteiger partial charge in [0.25, 0.3) is 17.5 Å². The summed E-state index contributed by atoms with van der Waals surface area (Å²) in [7, 11) is 1.56. The molecule has 4 aromatic carbocycles. The molecule has 1 unspecified atom stereocenters. The number of carbonyl (C=O) groups excluding carboxylic acids is 3. The molecule has 3 N–H and O–H groups in total. The second-order valence-electron chi connectivity index (χ2n) is 9.19. The molecule has 4 rings (SSSR count). The molecule has 11 heteroatoms. The number of thioether (sulfide) groups is 1. The Morgan fingerprint density at radius 2 is 1.56 bits per heavy atom. The molecule has 3 amide bonds. The van der Waals surface area contributed by atoms with Crippen molar-refractivity contribution in [3.63, 3.8) is 0 Å². The van der Waals surface area contributed by atoms with Gasteiger partial charge in [-0.1, -0.05) is 36.4 Å². The van der Waals surface area contributed by atoms with Crippen LogP contribution in [0.4, 0.5) is 17.1 Å². The number of ether oxygens (including phenoxy) is 1. The first-order chi connectivity index (χ1) is 20.7. The Hall–Kier alpha value is -5.42. The van der Waals surface area contributed by atoms with E-state index in [1.807, 2.05) is 0 Å². The number of nitro groups is 1. The van der Waals surface area contributed by atoms with E-state index in [1.54, 1.807) is 99.0 Å². The summed E-state index contributed by atoms with van der Waals surface area (Å²) in [5.74, 6) is -0.609. The fourth-order valence-corrected chi connectivity index (χ4v) is 4.75. The van der Waals surface area contributed by atoms with Crippen molar-refractivity contribution in [1.82, 2.24) is 5.32 Å². The number of anilines is 2. The van der Waals surface area contributed by atoms with Crippen molar-refractivity contribution in [3.05, 3.63) is 130 Å². The number of rotatable bonds is 11. The number of nitrogens with one attached hydrogen (secondary N) is 3. The van der Waals surface area contributed by atoms with E-state index in [2.05, 4.69) is 16.0 Å². The van der Waals surface area contributed by atoms with E-state index in [0.29, 0.717) is 28.3 Å². The maximum atomic E-state index is 13.4. The summed E-state index contributed by atoms with van der Waals surface area (Å²) in [5.41, 5.74) is 1.95. The summed E-state index contributed by atoms with van der Waals surface area (Å²) < 4.78 is 5.20. The average Bonchev–Trinajstić information content (AvgIpc) is 3.01. The second kappa shape index (κ2) is 14.5. The van der Waals surface area contributed by atoms with Crippen LogP contribution < -0.4 is 20.7 Å². The van der Waals surface area contributed by atoms with Gasteiger partial charge in [-0.15, -0.1) is 11.8 Å². The van der Waals surface area contributed by atoms with Crippen molar-refractivity contribution < 1.29 is 24.0 Å². The van der Waals surface area contributed by atoms with Crippen molar-refractivity contribution in [1.29, 1.82) is 0 Å². The van der Waals surface area contributed by atoms with Gasteiger partial charge in [0.1, 0.15) is 11.4 Å². The van der Waals surface area contributed by atoms with E-state index in [4.69, 9.17) is 4.74 Å². The number of carbonyl (C=O) groups is 3. The fraction of sp³-hybridized carbons (Fsp3) is 0.0938. The van der Waals surface area contributed by atoms with E-state index >= 15 is 0 Å². The fourth-order valence-electron chi connectivity index (χ4n) is 3.82. The lowest BCUT2D eigenvalue weighted by atomic mass is 10.1. The average molecular weight is 597 g/mol. The van der Waals surface area contributed by atoms with Crippen LogP contribution in [0.2, 0.25) is 0 Å². The van der Waals surface area contributed by atoms with Gasteiger partial charge >= 0.3 is 0 Å². The molecular weight excluding hydrogens is 568 g/mol. The van der Waals surface area contributed by atoms with Crippen molar-refractivity contribution >= 4 is 52.6 Å². The third kappa shape index (κ3) is 8.78. The molecule has 0 saturated heterocycles. The molecule has 0 aromatic heterocycles. The molecule has 10 nitrogen and oxygen atoms in total. The predicted octanol–water partition coefficient (Wildman–Crippen LogP) is 6.13. The zero-order valence-electron chi connectivity index (χ0n) is 23.3. The Bertz CT molecular complexity index is 1640. The number of amides is 3. The number of hydrogen-bond acceptors (Lipinski definition) is 7. The Morgan fingerprint density at radius 1 is 0.860 bits per heavy atom. The molecule has 0 aliphatic rings. The van der Waals surface area contributed by atoms with Gasteiger partial charge in [-0.05, 0) is 73.2 Å². The monoisotopic (exact) mass is 596 g/mol. The first-order valence-corrected chi connectivity index (χ1v) is 14.0. The zero-order valence-corrected chi connectivity index (χ0v) is 24.1. The normalized spacial score (nSPS) is 11.6. The number of methoxy groups -OCH3 is 1. The van der Waals surface area contributed by atoms with Gasteiger partial charge in [0, 0.05) is 34.0 Å². The highest BCUT2D eigenvalue weighted by Crippen LogP contribution is 2.27. The molecule has 1 atom stereocenters. The summed E-state index contributed by atoms with van der Waals surface area (Å²) in [6.07, 6.45) is 1.57. The summed E-state index contributed by atoms with van der Waals surface area (Å²) in [5, 5.41) is 18.6. The Balaban J connectivity index is 1.46. The van der Waals surface area contributed by atoms with Crippen molar-refractivity contribution in [2.45, 2.75) is 17.1 Å². The third-order valence-electron chi connectivity index (χ3n) is 6.08. The van der Waals surface area contributed by atoms with Crippen LogP contribution in [0.15, 0.2) is 114 Å². The minimum absolute atomic E-state index is 0.0351. The Labute approximate surface area is 252 Å². The van der Waals surface area contributed by atoms with Crippen LogP contribution in [0.25, 0.3) is 6.08 Å². The molecule has 0 aliphatic carbocycles. The summed E-state index contributed by atoms with van der Waals surface area (Å²) in [6.45, 7) is 1.73. The standard InChI is InChI=1S/C32H28N4O6S/c1-21(30(37)33-24-13-15-26(16-14-24)36(40)41)43-28-10-6-9-25(20-28)34-32(39)29(19-22-11-17-27(42-2)18-12-22)35-31(38)23-7-4-3-5-8-23/h3-21H,1-2H3,(H,33,37)(H,34,39)(H,35,38)/b29-19+. The SMILES string of the molecule is COc1ccc(/C=C(/NC(=O)c2ccccc2)C(=O)Nc2cccc(SC(C)C(=O)Nc3ccc([N+](=O)[O-])cc3)c2)cc1. The maximum absolute atomic E-state index is 13.4. The summed E-state index contributed by atoms with van der Waals surface area (Å²) in [6, 6.07) is 28.1. The lowest BCUT2D eigenvalue weighted by Gasteiger charge is -2.14. The third-order valence-corrected chi connectivity index (χ3v) is 7.17. The van der Waals surface area contributed by atoms with E-state index in [-0.39, 0.29) is 17.3 Å². The molecule has 4 aromatic rings. The second-order valence-corrected chi connectivity index (χ2v) is 10.6. The quantitative estimate of drug-likeness (QED) is 0.0819. The van der Waals surface area contributed by atoms with Gasteiger partial charge in [0.15, 0.2) is 0 Å². The topological polar surface area (TPSA) is 140 Å². The van der Waals surface area contributed by atoms with Crippen LogP contribution in [0.5, 0.6) is 5.75 Å². The highest BCUT2D eigenvalue weighted by Gasteiger charge is 2.18. The van der Waals surface area contributed by atoms with Crippen molar-refractivity contribution in [2.24, 2.45) is 0 Å². The first-order valence-electron chi connectivity index (χ1n) is 13.1. The van der Waals surface area contributed by atoms with Gasteiger partial charge < -0.3 is 20.7 Å². The number of nitrogens with zero attached hydrogens (tertiary/aromatic N) is 1. The summed E-state index contributed by atoms with van der Waals surface area (Å²) >= 11 is 1.27. The number of non-ortho nitro benzene ring substituents is 1. The minimum Gasteiger partial charge on any atom is -0.497 e. The predicted molar refractivity (Wildman–Crippen MR) is 167 cm³/mol. The number of benzene rings is 4. The van der Waals surface area contributed by atoms with E-state index in [0.717, 1.165) is 4.90 Å². The largest absolute Gasteiger partial charge is 0.497 e. The van der Waals surface area contributed by atoms with Gasteiger partial charge in [0.05, 0.1) is 17.3 Å². The molecule has 0 heterocycles. The Morgan fingerprint density at radius 3 is 2.21 bits per heavy atom. The smallest absolute Gasteiger partial charge is 0.272 e. The molecule has 43 heavy (non-hydrogen) atoms. The number of nitro benzene ring substituents is 1. The lowest BCUT2D eigenvalue weighted by molar-refractivity contribution is -0.384. The van der Waals surface area contributed by atoms with Gasteiger partial charge in [-0.2, -0.15) is 0 Å². The highest BCUT2D eigenvalue weighted by molar-refractivity contribution is 8.00. The minimum atomic E-state index is -0.536. The van der Waals surface area contributed by atoms with E-state index < -0.39 is 22.0 Å². The van der Waals surface area contributed by atoms with E-state index in [9.17, 15) is 24.5 Å². The lowest BCUT2D eigenvalue weighted by Crippen LogP contribution is -2.30. The molecule has 0 aliphatic heterocycles. The van der Waals surface area contributed by atoms with Crippen LogP contribution in [0.3, 0.4) is 0 Å². The maximum Gasteiger partial charge on any atom is 0.272 e. The van der Waals surface area contributed by atoms with Crippen molar-refractivity contribution in [3.8, 4) is 5.75 Å². The molecule has 0 fully saturated rings. The molecule has 0 bridgehead atoms. The highest BCUT2D eigenvalue weighted by atomic mass is 32.2. The molecule has 0 saturated carbocycles. The molecule has 218 valence electrons. The van der Waals surface area contributed by atoms with Crippen LogP contribution >= 0.6 is 11.8 Å². The Kier molecular flexibility index (Phi) is 10.3. The summed E-state index contributed by atoms with van der Waals surface area (Å²) in [4.78, 5) is 50.1. The van der Waals surface area contributed by atoms with Gasteiger partial charge in [0.2, 0.25) is 5.91 Å². The van der Waals surface area contributed by atoms with E-state index in [1.165, 1.54) is 36.0 Å². The molecule has 0 radical (unpaired) electrons. The first kappa shape index (κ1) is 30.5. The zero-order chi connectivity index (χ0) is 30.8. The van der Waals surface area contributed by atoms with Crippen LogP contribution in [-0.4, -0.2) is 35.0 Å². The molecule has 0 spiro atoms. The van der Waals surface area contributed by atoms with Gasteiger partial charge in [-0.25, -0.2) is 0 Å². The van der Waals surface area contributed by atoms with Crippen LogP contribution in [-0.2, 0) is 9.59 Å². The number of hydrogen-bond donors (Lipinski definition) is 3. The van der Waals surface area contributed by atoms with Crippen LogP contribution in [0.1, 0.15) is 22.8 Å². The molecular formula is C32H28N4O6S.